The van der Waals surface area contributed by atoms with Crippen LogP contribution >= 0.6 is 11.6 Å². The Morgan fingerprint density at radius 1 is 1.41 bits per heavy atom. The van der Waals surface area contributed by atoms with E-state index >= 15 is 0 Å². The van der Waals surface area contributed by atoms with Crippen molar-refractivity contribution in [2.75, 3.05) is 0 Å². The molecule has 0 spiro atoms. The van der Waals surface area contributed by atoms with Crippen molar-refractivity contribution in [1.82, 2.24) is 9.97 Å². The average Bonchev–Trinajstić information content (AvgIpc) is 2.63. The Kier molecular flexibility index (Phi) is 3.15. The van der Waals surface area contributed by atoms with Gasteiger partial charge in [0.25, 0.3) is 0 Å². The first-order valence-electron chi connectivity index (χ1n) is 5.09. The van der Waals surface area contributed by atoms with Crippen LogP contribution in [-0.2, 0) is 6.42 Å². The molecule has 2 aromatic rings. The van der Waals surface area contributed by atoms with Crippen LogP contribution in [0.15, 0.2) is 24.3 Å². The number of aromatic amines is 1. The van der Waals surface area contributed by atoms with Gasteiger partial charge in [-0.1, -0.05) is 23.7 Å². The second kappa shape index (κ2) is 4.59. The number of rotatable bonds is 3. The summed E-state index contributed by atoms with van der Waals surface area (Å²) in [6, 6.07) is 7.37. The first kappa shape index (κ1) is 11.7. The van der Waals surface area contributed by atoms with Gasteiger partial charge in [-0.2, -0.15) is 0 Å². The van der Waals surface area contributed by atoms with Crippen molar-refractivity contribution < 1.29 is 9.90 Å². The molecule has 0 fully saturated rings. The number of H-pyrrole nitrogens is 1. The maximum absolute atomic E-state index is 10.8. The van der Waals surface area contributed by atoms with Crippen molar-refractivity contribution in [3.8, 4) is 0 Å². The van der Waals surface area contributed by atoms with Crippen LogP contribution in [0, 0.1) is 6.92 Å². The highest BCUT2D eigenvalue weighted by Gasteiger charge is 2.13. The smallest absolute Gasteiger partial charge is 0.356 e. The van der Waals surface area contributed by atoms with E-state index in [0.29, 0.717) is 23.0 Å². The van der Waals surface area contributed by atoms with Gasteiger partial charge in [0.2, 0.25) is 0 Å². The van der Waals surface area contributed by atoms with E-state index in [1.54, 1.807) is 19.1 Å². The summed E-state index contributed by atoms with van der Waals surface area (Å²) in [5, 5.41) is 9.56. The molecule has 0 aliphatic rings. The third kappa shape index (κ3) is 2.65. The highest BCUT2D eigenvalue weighted by atomic mass is 35.5. The van der Waals surface area contributed by atoms with Gasteiger partial charge in [-0.15, -0.1) is 0 Å². The lowest BCUT2D eigenvalue weighted by atomic mass is 10.1. The summed E-state index contributed by atoms with van der Waals surface area (Å²) in [6.07, 6.45) is 0.561. The number of aryl methyl sites for hydroxylation is 1. The quantitative estimate of drug-likeness (QED) is 0.880. The minimum Gasteiger partial charge on any atom is -0.476 e. The zero-order valence-corrected chi connectivity index (χ0v) is 9.95. The van der Waals surface area contributed by atoms with Crippen LogP contribution in [0.25, 0.3) is 0 Å². The number of hydrogen-bond donors (Lipinski definition) is 2. The molecule has 0 unspecified atom stereocenters. The molecule has 1 heterocycles. The van der Waals surface area contributed by atoms with E-state index in [1.807, 2.05) is 12.1 Å². The van der Waals surface area contributed by atoms with Gasteiger partial charge >= 0.3 is 5.97 Å². The maximum atomic E-state index is 10.8. The van der Waals surface area contributed by atoms with E-state index in [2.05, 4.69) is 9.97 Å². The zero-order valence-electron chi connectivity index (χ0n) is 9.20. The maximum Gasteiger partial charge on any atom is 0.356 e. The standard InChI is InChI=1S/C12H11ClN2O2/c1-7-11(12(16)17)15-10(14-7)6-8-2-4-9(13)5-3-8/h2-5H,6H2,1H3,(H,14,15)(H,16,17). The molecule has 0 radical (unpaired) electrons. The van der Waals surface area contributed by atoms with E-state index < -0.39 is 5.97 Å². The van der Waals surface area contributed by atoms with E-state index in [4.69, 9.17) is 16.7 Å². The molecule has 88 valence electrons. The third-order valence-electron chi connectivity index (χ3n) is 2.42. The SMILES string of the molecule is Cc1[nH]c(Cc2ccc(Cl)cc2)nc1C(=O)O. The molecule has 17 heavy (non-hydrogen) atoms. The fraction of sp³-hybridized carbons (Fsp3) is 0.167. The Morgan fingerprint density at radius 3 is 2.59 bits per heavy atom. The van der Waals surface area contributed by atoms with Crippen LogP contribution in [-0.4, -0.2) is 21.0 Å². The van der Waals surface area contributed by atoms with Gasteiger partial charge in [0.05, 0.1) is 0 Å². The number of aromatic carboxylic acids is 1. The van der Waals surface area contributed by atoms with Gasteiger partial charge in [0.1, 0.15) is 5.82 Å². The summed E-state index contributed by atoms with van der Waals surface area (Å²) in [4.78, 5) is 17.8. The van der Waals surface area contributed by atoms with Crippen molar-refractivity contribution in [3.05, 3.63) is 52.1 Å². The van der Waals surface area contributed by atoms with Crippen LogP contribution in [0.3, 0.4) is 0 Å². The molecule has 0 atom stereocenters. The number of imidazole rings is 1. The highest BCUT2D eigenvalue weighted by molar-refractivity contribution is 6.30. The van der Waals surface area contributed by atoms with Crippen LogP contribution in [0.2, 0.25) is 5.02 Å². The molecule has 2 rings (SSSR count). The lowest BCUT2D eigenvalue weighted by Gasteiger charge is -1.97. The predicted octanol–water partition coefficient (Wildman–Crippen LogP) is 2.66. The number of carboxylic acids is 1. The molecule has 5 heteroatoms. The molecular weight excluding hydrogens is 240 g/mol. The summed E-state index contributed by atoms with van der Waals surface area (Å²) in [6.45, 7) is 1.70. The Labute approximate surface area is 103 Å². The summed E-state index contributed by atoms with van der Waals surface area (Å²) in [5.74, 6) is -0.372. The van der Waals surface area contributed by atoms with Crippen molar-refractivity contribution in [1.29, 1.82) is 0 Å². The predicted molar refractivity (Wildman–Crippen MR) is 64.5 cm³/mol. The number of nitrogens with one attached hydrogen (secondary N) is 1. The average molecular weight is 251 g/mol. The molecule has 0 bridgehead atoms. The van der Waals surface area contributed by atoms with Crippen molar-refractivity contribution in [2.45, 2.75) is 13.3 Å². The van der Waals surface area contributed by atoms with Crippen LogP contribution < -0.4 is 0 Å². The van der Waals surface area contributed by atoms with Crippen LogP contribution in [0.5, 0.6) is 0 Å². The highest BCUT2D eigenvalue weighted by Crippen LogP contribution is 2.13. The van der Waals surface area contributed by atoms with E-state index in [9.17, 15) is 4.79 Å². The van der Waals surface area contributed by atoms with Crippen molar-refractivity contribution in [3.63, 3.8) is 0 Å². The molecule has 2 N–H and O–H groups in total. The van der Waals surface area contributed by atoms with Crippen molar-refractivity contribution >= 4 is 17.6 Å². The number of carboxylic acid groups (broad SMARTS) is 1. The number of carbonyl (C=O) groups is 1. The number of halogens is 1. The Morgan fingerprint density at radius 2 is 2.06 bits per heavy atom. The van der Waals surface area contributed by atoms with Gasteiger partial charge in [-0.05, 0) is 24.6 Å². The monoisotopic (exact) mass is 250 g/mol. The molecule has 0 saturated heterocycles. The van der Waals surface area contributed by atoms with Gasteiger partial charge in [0.15, 0.2) is 5.69 Å². The minimum atomic E-state index is -1.01. The molecule has 0 aliphatic heterocycles. The largest absolute Gasteiger partial charge is 0.476 e. The zero-order chi connectivity index (χ0) is 12.4. The minimum absolute atomic E-state index is 0.0777. The normalized spacial score (nSPS) is 10.5. The molecule has 1 aromatic carbocycles. The Hall–Kier alpha value is -1.81. The number of aromatic nitrogens is 2. The third-order valence-corrected chi connectivity index (χ3v) is 2.67. The second-order valence-electron chi connectivity index (χ2n) is 3.77. The van der Waals surface area contributed by atoms with Gasteiger partial charge in [0, 0.05) is 17.1 Å². The second-order valence-corrected chi connectivity index (χ2v) is 4.20. The molecular formula is C12H11ClN2O2. The van der Waals surface area contributed by atoms with Crippen LogP contribution in [0.1, 0.15) is 27.6 Å². The summed E-state index contributed by atoms with van der Waals surface area (Å²) < 4.78 is 0. The lowest BCUT2D eigenvalue weighted by Crippen LogP contribution is -1.99. The number of hydrogen-bond acceptors (Lipinski definition) is 2. The fourth-order valence-corrected chi connectivity index (χ4v) is 1.74. The summed E-state index contributed by atoms with van der Waals surface area (Å²) in [7, 11) is 0. The first-order valence-corrected chi connectivity index (χ1v) is 5.47. The Balaban J connectivity index is 2.22. The molecule has 0 saturated carbocycles. The summed E-state index contributed by atoms with van der Waals surface area (Å²) >= 11 is 5.78. The fourth-order valence-electron chi connectivity index (χ4n) is 1.61. The molecule has 0 aliphatic carbocycles. The van der Waals surface area contributed by atoms with Gasteiger partial charge in [-0.3, -0.25) is 0 Å². The first-order chi connectivity index (χ1) is 8.06. The number of benzene rings is 1. The molecule has 4 nitrogen and oxygen atoms in total. The topological polar surface area (TPSA) is 66.0 Å². The van der Waals surface area contributed by atoms with E-state index in [0.717, 1.165) is 5.56 Å². The van der Waals surface area contributed by atoms with Crippen molar-refractivity contribution in [2.24, 2.45) is 0 Å². The summed E-state index contributed by atoms with van der Waals surface area (Å²) in [5.41, 5.74) is 1.68. The lowest BCUT2D eigenvalue weighted by molar-refractivity contribution is 0.0690. The van der Waals surface area contributed by atoms with Gasteiger partial charge in [-0.25, -0.2) is 9.78 Å². The van der Waals surface area contributed by atoms with E-state index in [-0.39, 0.29) is 5.69 Å². The number of nitrogens with zero attached hydrogens (tertiary/aromatic N) is 1. The molecule has 1 aromatic heterocycles. The van der Waals surface area contributed by atoms with Crippen LogP contribution in [0.4, 0.5) is 0 Å². The van der Waals surface area contributed by atoms with E-state index in [1.165, 1.54) is 0 Å². The molecule has 0 amide bonds. The Bertz CT molecular complexity index is 546. The van der Waals surface area contributed by atoms with Gasteiger partial charge < -0.3 is 10.1 Å².